The number of nitrogens with zero attached hydrogens (tertiary/aromatic N) is 1. The Kier molecular flexibility index (Phi) is 6.16. The van der Waals surface area contributed by atoms with Gasteiger partial charge in [0.15, 0.2) is 0 Å². The van der Waals surface area contributed by atoms with E-state index in [9.17, 15) is 9.59 Å². The van der Waals surface area contributed by atoms with Gasteiger partial charge in [-0.05, 0) is 57.9 Å². The van der Waals surface area contributed by atoms with Crippen molar-refractivity contribution in [3.8, 4) is 5.75 Å². The maximum absolute atomic E-state index is 12.4. The minimum Gasteiger partial charge on any atom is -0.489 e. The summed E-state index contributed by atoms with van der Waals surface area (Å²) in [6, 6.07) is 22.0. The second kappa shape index (κ2) is 9.15. The molecule has 1 fully saturated rings. The highest BCUT2D eigenvalue weighted by molar-refractivity contribution is 8.18. The molecular weight excluding hydrogens is 398 g/mol. The zero-order valence-electron chi connectivity index (χ0n) is 16.5. The molecular formula is C24H21NO4S. The number of ether oxygens (including phenoxy) is 2. The van der Waals surface area contributed by atoms with Gasteiger partial charge in [0.1, 0.15) is 12.4 Å². The first kappa shape index (κ1) is 20.2. The Hall–Kier alpha value is -3.09. The minimum absolute atomic E-state index is 0.264. The molecule has 1 heterocycles. The van der Waals surface area contributed by atoms with Crippen molar-refractivity contribution >= 4 is 39.8 Å². The van der Waals surface area contributed by atoms with Gasteiger partial charge in [0.25, 0.3) is 11.1 Å². The van der Waals surface area contributed by atoms with Crippen LogP contribution >= 0.6 is 11.8 Å². The lowest BCUT2D eigenvalue weighted by Crippen LogP contribution is -2.31. The van der Waals surface area contributed by atoms with Crippen LogP contribution in [0.25, 0.3) is 16.8 Å². The van der Waals surface area contributed by atoms with Crippen molar-refractivity contribution in [2.24, 2.45) is 0 Å². The first-order valence-corrected chi connectivity index (χ1v) is 10.4. The van der Waals surface area contributed by atoms with Crippen LogP contribution in [0, 0.1) is 0 Å². The van der Waals surface area contributed by atoms with Gasteiger partial charge in [-0.15, -0.1) is 0 Å². The molecule has 2 amide bonds. The first-order valence-electron chi connectivity index (χ1n) is 9.59. The van der Waals surface area contributed by atoms with Gasteiger partial charge in [0.05, 0.1) is 18.1 Å². The molecule has 0 aliphatic carbocycles. The molecule has 1 aliphatic rings. The number of amides is 2. The highest BCUT2D eigenvalue weighted by atomic mass is 32.2. The van der Waals surface area contributed by atoms with Crippen molar-refractivity contribution in [1.82, 2.24) is 4.90 Å². The molecule has 3 aromatic rings. The van der Waals surface area contributed by atoms with Crippen molar-refractivity contribution in [2.45, 2.75) is 6.61 Å². The van der Waals surface area contributed by atoms with Crippen LogP contribution in [-0.4, -0.2) is 36.3 Å². The maximum atomic E-state index is 12.4. The summed E-state index contributed by atoms with van der Waals surface area (Å²) in [5, 5.41) is 2.13. The van der Waals surface area contributed by atoms with Crippen molar-refractivity contribution < 1.29 is 19.1 Å². The molecule has 152 valence electrons. The number of imide groups is 1. The third kappa shape index (κ3) is 4.56. The number of thioether (sulfide) groups is 1. The van der Waals surface area contributed by atoms with Gasteiger partial charge in [-0.2, -0.15) is 0 Å². The van der Waals surface area contributed by atoms with E-state index in [0.717, 1.165) is 28.6 Å². The Balaban J connectivity index is 1.39. The predicted octanol–water partition coefficient (Wildman–Crippen LogP) is 5.10. The molecule has 1 saturated heterocycles. The molecule has 0 radical (unpaired) electrons. The average Bonchev–Trinajstić information content (AvgIpc) is 3.04. The summed E-state index contributed by atoms with van der Waals surface area (Å²) in [4.78, 5) is 26.0. The molecule has 0 unspecified atom stereocenters. The summed E-state index contributed by atoms with van der Waals surface area (Å²) in [7, 11) is 1.54. The molecule has 0 saturated carbocycles. The standard InChI is InChI=1S/C24H21NO4S/c1-28-13-12-25-23(26)22(30-24(25)27)15-17-7-10-21(11-8-17)29-16-18-6-9-19-4-2-3-5-20(19)14-18/h2-11,14-15H,12-13,16H2,1H3/b22-15+. The van der Waals surface area contributed by atoms with E-state index in [1.807, 2.05) is 36.4 Å². The molecule has 6 heteroatoms. The lowest BCUT2D eigenvalue weighted by Gasteiger charge is -2.10. The highest BCUT2D eigenvalue weighted by Crippen LogP contribution is 2.32. The van der Waals surface area contributed by atoms with E-state index in [1.54, 1.807) is 13.2 Å². The Labute approximate surface area is 179 Å². The highest BCUT2D eigenvalue weighted by Gasteiger charge is 2.34. The Morgan fingerprint density at radius 3 is 2.50 bits per heavy atom. The van der Waals surface area contributed by atoms with Gasteiger partial charge in [-0.3, -0.25) is 14.5 Å². The van der Waals surface area contributed by atoms with Gasteiger partial charge < -0.3 is 9.47 Å². The summed E-state index contributed by atoms with van der Waals surface area (Å²) in [6.45, 7) is 1.07. The molecule has 30 heavy (non-hydrogen) atoms. The van der Waals surface area contributed by atoms with Crippen LogP contribution in [0.4, 0.5) is 4.79 Å². The smallest absolute Gasteiger partial charge is 0.293 e. The fourth-order valence-corrected chi connectivity index (χ4v) is 4.05. The van der Waals surface area contributed by atoms with Crippen LogP contribution in [0.5, 0.6) is 5.75 Å². The van der Waals surface area contributed by atoms with Gasteiger partial charge in [-0.25, -0.2) is 0 Å². The van der Waals surface area contributed by atoms with Crippen LogP contribution < -0.4 is 4.74 Å². The fourth-order valence-electron chi connectivity index (χ4n) is 3.18. The number of carbonyl (C=O) groups excluding carboxylic acids is 2. The van der Waals surface area contributed by atoms with Gasteiger partial charge in [-0.1, -0.05) is 48.5 Å². The van der Waals surface area contributed by atoms with Crippen LogP contribution in [0.2, 0.25) is 0 Å². The minimum atomic E-state index is -0.279. The van der Waals surface area contributed by atoms with Gasteiger partial charge in [0, 0.05) is 7.11 Å². The predicted molar refractivity (Wildman–Crippen MR) is 119 cm³/mol. The third-order valence-corrected chi connectivity index (χ3v) is 5.70. The summed E-state index contributed by atoms with van der Waals surface area (Å²) >= 11 is 0.951. The van der Waals surface area contributed by atoms with Gasteiger partial charge >= 0.3 is 0 Å². The lowest BCUT2D eigenvalue weighted by atomic mass is 10.1. The van der Waals surface area contributed by atoms with Crippen molar-refractivity contribution in [2.75, 3.05) is 20.3 Å². The first-order chi connectivity index (χ1) is 14.6. The van der Waals surface area contributed by atoms with Crippen molar-refractivity contribution in [1.29, 1.82) is 0 Å². The average molecular weight is 420 g/mol. The van der Waals surface area contributed by atoms with Crippen LogP contribution in [0.15, 0.2) is 71.6 Å². The summed E-state index contributed by atoms with van der Waals surface area (Å²) in [5.74, 6) is 0.465. The topological polar surface area (TPSA) is 55.8 Å². The number of hydrogen-bond acceptors (Lipinski definition) is 5. The number of rotatable bonds is 7. The number of methoxy groups -OCH3 is 1. The molecule has 3 aromatic carbocycles. The van der Waals surface area contributed by atoms with E-state index in [2.05, 4.69) is 30.3 Å². The Morgan fingerprint density at radius 1 is 0.967 bits per heavy atom. The van der Waals surface area contributed by atoms with E-state index in [-0.39, 0.29) is 17.7 Å². The van der Waals surface area contributed by atoms with Crippen molar-refractivity contribution in [3.05, 3.63) is 82.8 Å². The zero-order chi connectivity index (χ0) is 20.9. The molecule has 1 aliphatic heterocycles. The molecule has 0 bridgehead atoms. The number of benzene rings is 3. The zero-order valence-corrected chi connectivity index (χ0v) is 17.4. The second-order valence-electron chi connectivity index (χ2n) is 6.87. The SMILES string of the molecule is COCCN1C(=O)S/C(=C/c2ccc(OCc3ccc4ccccc4c3)cc2)C1=O. The van der Waals surface area contributed by atoms with E-state index in [4.69, 9.17) is 9.47 Å². The second-order valence-corrected chi connectivity index (χ2v) is 7.86. The molecule has 0 spiro atoms. The lowest BCUT2D eigenvalue weighted by molar-refractivity contribution is -0.123. The summed E-state index contributed by atoms with van der Waals surface area (Å²) < 4.78 is 10.9. The third-order valence-electron chi connectivity index (χ3n) is 4.79. The van der Waals surface area contributed by atoms with Crippen LogP contribution in [0.1, 0.15) is 11.1 Å². The van der Waals surface area contributed by atoms with E-state index >= 15 is 0 Å². The normalized spacial score (nSPS) is 15.4. The Morgan fingerprint density at radius 2 is 1.73 bits per heavy atom. The number of fused-ring (bicyclic) bond motifs is 1. The van der Waals surface area contributed by atoms with Crippen LogP contribution in [0.3, 0.4) is 0 Å². The number of hydrogen-bond donors (Lipinski definition) is 0. The van der Waals surface area contributed by atoms with E-state index < -0.39 is 0 Å². The van der Waals surface area contributed by atoms with E-state index in [1.165, 1.54) is 15.7 Å². The van der Waals surface area contributed by atoms with E-state index in [0.29, 0.717) is 18.1 Å². The Bertz CT molecular complexity index is 1110. The largest absolute Gasteiger partial charge is 0.489 e. The summed E-state index contributed by atoms with van der Waals surface area (Å²) in [6.07, 6.45) is 1.73. The molecule has 0 aromatic heterocycles. The maximum Gasteiger partial charge on any atom is 0.293 e. The molecule has 5 nitrogen and oxygen atoms in total. The molecule has 0 atom stereocenters. The quantitative estimate of drug-likeness (QED) is 0.499. The molecule has 4 rings (SSSR count). The number of carbonyl (C=O) groups is 2. The van der Waals surface area contributed by atoms with Crippen molar-refractivity contribution in [3.63, 3.8) is 0 Å². The van der Waals surface area contributed by atoms with Crippen LogP contribution in [-0.2, 0) is 16.1 Å². The molecule has 0 N–H and O–H groups in total. The summed E-state index contributed by atoms with van der Waals surface area (Å²) in [5.41, 5.74) is 1.94. The van der Waals surface area contributed by atoms with Gasteiger partial charge in [0.2, 0.25) is 0 Å². The fraction of sp³-hybridized carbons (Fsp3) is 0.167. The monoisotopic (exact) mass is 419 g/mol.